The minimum atomic E-state index is -0.576. The Bertz CT molecular complexity index is 634. The third-order valence-corrected chi connectivity index (χ3v) is 7.01. The molecule has 0 aliphatic carbocycles. The molecule has 2 rings (SSSR count). The summed E-state index contributed by atoms with van der Waals surface area (Å²) in [5.41, 5.74) is 0.957. The molecule has 8 heteroatoms. The maximum Gasteiger partial charge on any atom is 0.186 e. The highest BCUT2D eigenvalue weighted by Crippen LogP contribution is 2.37. The van der Waals surface area contributed by atoms with Crippen molar-refractivity contribution >= 4 is 0 Å². The van der Waals surface area contributed by atoms with Crippen molar-refractivity contribution in [2.45, 2.75) is 89.2 Å². The van der Waals surface area contributed by atoms with E-state index < -0.39 is 18.5 Å². The van der Waals surface area contributed by atoms with Gasteiger partial charge >= 0.3 is 0 Å². The van der Waals surface area contributed by atoms with Crippen molar-refractivity contribution in [2.24, 2.45) is 11.8 Å². The number of allylic oxidation sites excluding steroid dienone is 2. The van der Waals surface area contributed by atoms with Crippen LogP contribution in [0.3, 0.4) is 0 Å². The highest BCUT2D eigenvalue weighted by Gasteiger charge is 2.50. The lowest BCUT2D eigenvalue weighted by Crippen LogP contribution is -2.60. The summed E-state index contributed by atoms with van der Waals surface area (Å²) in [5.74, 6) is 0.173. The van der Waals surface area contributed by atoms with Gasteiger partial charge in [-0.1, -0.05) is 39.0 Å². The second-order valence-electron chi connectivity index (χ2n) is 9.01. The third kappa shape index (κ3) is 6.64. The second kappa shape index (κ2) is 13.3. The standard InChI is InChI=1S/C25H44O8/c1-10-17(27-5)16(4)20-21(32-20)18(26)14(2)12-11-13-15(3)19-22(28-6)23(29-7)24(30-8)25(31-9)33-19/h11-14,16-26H,10H2,1-9H3/b12-11+,15-13+/t14-,16-,17+,18-,19-,20-,21-,22-,23+,24-,25+/m1/s1. The molecular weight excluding hydrogens is 428 g/mol. The van der Waals surface area contributed by atoms with Gasteiger partial charge in [-0.25, -0.2) is 0 Å². The average molecular weight is 473 g/mol. The summed E-state index contributed by atoms with van der Waals surface area (Å²) in [6, 6.07) is 0. The van der Waals surface area contributed by atoms with Gasteiger partial charge in [-0.15, -0.1) is 0 Å². The van der Waals surface area contributed by atoms with Crippen LogP contribution in [-0.4, -0.2) is 95.8 Å². The molecule has 2 fully saturated rings. The molecule has 0 aromatic rings. The first-order valence-corrected chi connectivity index (χ1v) is 11.8. The zero-order chi connectivity index (χ0) is 24.7. The average Bonchev–Trinajstić information content (AvgIpc) is 3.63. The first-order valence-electron chi connectivity index (χ1n) is 11.8. The Morgan fingerprint density at radius 3 is 2.06 bits per heavy atom. The lowest BCUT2D eigenvalue weighted by atomic mass is 9.91. The van der Waals surface area contributed by atoms with Gasteiger partial charge in [0.05, 0.1) is 18.3 Å². The van der Waals surface area contributed by atoms with Crippen LogP contribution >= 0.6 is 0 Å². The van der Waals surface area contributed by atoms with Crippen molar-refractivity contribution in [1.82, 2.24) is 0 Å². The van der Waals surface area contributed by atoms with E-state index in [1.54, 1.807) is 35.5 Å². The molecule has 33 heavy (non-hydrogen) atoms. The minimum Gasteiger partial charge on any atom is -0.390 e. The summed E-state index contributed by atoms with van der Waals surface area (Å²) in [6.07, 6.45) is 4.20. The molecule has 1 N–H and O–H groups in total. The number of hydrogen-bond donors (Lipinski definition) is 1. The number of ether oxygens (including phenoxy) is 7. The van der Waals surface area contributed by atoms with E-state index in [1.807, 2.05) is 32.1 Å². The van der Waals surface area contributed by atoms with Gasteiger partial charge in [0.1, 0.15) is 30.5 Å². The van der Waals surface area contributed by atoms with Gasteiger partial charge in [0.25, 0.3) is 0 Å². The van der Waals surface area contributed by atoms with Crippen LogP contribution in [0.25, 0.3) is 0 Å². The SMILES string of the molecule is CC[C@H](OC)[C@@H](C)[C@H]1O[C@@H]1[C@H](O)[C@H](C)/C=C/C=C(\C)[C@H]1O[C@H](OC)[C@H](OC)[C@@H](OC)[C@@H]1OC. The van der Waals surface area contributed by atoms with E-state index in [0.717, 1.165) is 12.0 Å². The Balaban J connectivity index is 2.02. The number of aliphatic hydroxyl groups is 1. The van der Waals surface area contributed by atoms with Crippen LogP contribution in [0.4, 0.5) is 0 Å². The van der Waals surface area contributed by atoms with E-state index in [4.69, 9.17) is 33.2 Å². The fourth-order valence-electron chi connectivity index (χ4n) is 4.83. The van der Waals surface area contributed by atoms with Crippen LogP contribution in [0.2, 0.25) is 0 Å². The van der Waals surface area contributed by atoms with Crippen LogP contribution in [-0.2, 0) is 33.2 Å². The van der Waals surface area contributed by atoms with Gasteiger partial charge in [0.15, 0.2) is 6.29 Å². The Hall–Kier alpha value is -0.840. The number of epoxide rings is 1. The lowest BCUT2D eigenvalue weighted by Gasteiger charge is -2.44. The third-order valence-electron chi connectivity index (χ3n) is 7.01. The van der Waals surface area contributed by atoms with Gasteiger partial charge in [0.2, 0.25) is 0 Å². The van der Waals surface area contributed by atoms with E-state index in [2.05, 4.69) is 13.8 Å². The van der Waals surface area contributed by atoms with Crippen LogP contribution < -0.4 is 0 Å². The molecule has 192 valence electrons. The Morgan fingerprint density at radius 2 is 1.55 bits per heavy atom. The molecule has 0 spiro atoms. The Morgan fingerprint density at radius 1 is 0.909 bits per heavy atom. The van der Waals surface area contributed by atoms with Crippen LogP contribution in [0.1, 0.15) is 34.1 Å². The van der Waals surface area contributed by atoms with Crippen LogP contribution in [0.15, 0.2) is 23.8 Å². The van der Waals surface area contributed by atoms with Gasteiger partial charge < -0.3 is 38.3 Å². The summed E-state index contributed by atoms with van der Waals surface area (Å²) >= 11 is 0. The van der Waals surface area contributed by atoms with Crippen LogP contribution in [0, 0.1) is 11.8 Å². The maximum absolute atomic E-state index is 10.8. The molecule has 2 saturated heterocycles. The highest BCUT2D eigenvalue weighted by atomic mass is 16.7. The fraction of sp³-hybridized carbons (Fsp3) is 0.840. The number of rotatable bonds is 13. The first kappa shape index (κ1) is 28.4. The molecule has 2 aliphatic rings. The van der Waals surface area contributed by atoms with E-state index in [0.29, 0.717) is 0 Å². The van der Waals surface area contributed by atoms with Gasteiger partial charge in [-0.2, -0.15) is 0 Å². The molecule has 0 amide bonds. The summed E-state index contributed by atoms with van der Waals surface area (Å²) in [7, 11) is 8.17. The van der Waals surface area contributed by atoms with E-state index in [9.17, 15) is 5.11 Å². The number of aliphatic hydroxyl groups excluding tert-OH is 1. The zero-order valence-electron chi connectivity index (χ0n) is 21.6. The molecule has 0 aromatic heterocycles. The molecule has 0 saturated carbocycles. The minimum absolute atomic E-state index is 0.0295. The lowest BCUT2D eigenvalue weighted by molar-refractivity contribution is -0.295. The van der Waals surface area contributed by atoms with E-state index >= 15 is 0 Å². The van der Waals surface area contributed by atoms with Crippen LogP contribution in [0.5, 0.6) is 0 Å². The molecule has 0 aromatic carbocycles. The normalized spacial score (nSPS) is 36.5. The Kier molecular flexibility index (Phi) is 11.4. The monoisotopic (exact) mass is 472 g/mol. The molecule has 0 radical (unpaired) electrons. The van der Waals surface area contributed by atoms with Crippen molar-refractivity contribution in [3.8, 4) is 0 Å². The van der Waals surface area contributed by atoms with Crippen molar-refractivity contribution in [2.75, 3.05) is 35.5 Å². The smallest absolute Gasteiger partial charge is 0.186 e. The van der Waals surface area contributed by atoms with Crippen molar-refractivity contribution in [3.05, 3.63) is 23.8 Å². The largest absolute Gasteiger partial charge is 0.390 e. The second-order valence-corrected chi connectivity index (χ2v) is 9.01. The molecule has 0 unspecified atom stereocenters. The first-order chi connectivity index (χ1) is 15.8. The molecule has 0 bridgehead atoms. The molecular formula is C25H44O8. The molecule has 8 nitrogen and oxygen atoms in total. The van der Waals surface area contributed by atoms with E-state index in [1.165, 1.54) is 0 Å². The Labute approximate surface area is 199 Å². The van der Waals surface area contributed by atoms with Gasteiger partial charge in [-0.3, -0.25) is 0 Å². The molecule has 2 aliphatic heterocycles. The fourth-order valence-corrected chi connectivity index (χ4v) is 4.83. The van der Waals surface area contributed by atoms with Crippen molar-refractivity contribution in [1.29, 1.82) is 0 Å². The quantitative estimate of drug-likeness (QED) is 0.323. The van der Waals surface area contributed by atoms with Gasteiger partial charge in [0, 0.05) is 47.4 Å². The van der Waals surface area contributed by atoms with Gasteiger partial charge in [-0.05, 0) is 18.9 Å². The predicted octanol–water partition coefficient (Wildman–Crippen LogP) is 2.73. The summed E-state index contributed by atoms with van der Waals surface area (Å²) < 4.78 is 39.9. The molecule has 2 heterocycles. The number of methoxy groups -OCH3 is 5. The number of hydrogen-bond acceptors (Lipinski definition) is 8. The zero-order valence-corrected chi connectivity index (χ0v) is 21.6. The summed E-state index contributed by atoms with van der Waals surface area (Å²) in [5, 5.41) is 10.8. The maximum atomic E-state index is 10.8. The van der Waals surface area contributed by atoms with Crippen molar-refractivity contribution in [3.63, 3.8) is 0 Å². The summed E-state index contributed by atoms with van der Waals surface area (Å²) in [6.45, 7) is 8.18. The predicted molar refractivity (Wildman–Crippen MR) is 125 cm³/mol. The topological polar surface area (TPSA) is 88.1 Å². The highest BCUT2D eigenvalue weighted by molar-refractivity contribution is 5.19. The summed E-state index contributed by atoms with van der Waals surface area (Å²) in [4.78, 5) is 0. The van der Waals surface area contributed by atoms with Crippen molar-refractivity contribution < 1.29 is 38.3 Å². The molecule has 11 atom stereocenters. The van der Waals surface area contributed by atoms with E-state index in [-0.39, 0.29) is 48.5 Å².